The van der Waals surface area contributed by atoms with Gasteiger partial charge in [-0.1, -0.05) is 12.1 Å². The fourth-order valence-corrected chi connectivity index (χ4v) is 5.86. The molecule has 248 valence electrons. The summed E-state index contributed by atoms with van der Waals surface area (Å²) in [6, 6.07) is 9.82. The molecule has 2 fully saturated rings. The van der Waals surface area contributed by atoms with Crippen LogP contribution in [0.25, 0.3) is 0 Å². The molecule has 10 nitrogen and oxygen atoms in total. The molecule has 0 bridgehead atoms. The molecule has 45 heavy (non-hydrogen) atoms. The van der Waals surface area contributed by atoms with Crippen molar-refractivity contribution in [1.82, 2.24) is 20.1 Å². The van der Waals surface area contributed by atoms with E-state index in [9.17, 15) is 22.8 Å². The van der Waals surface area contributed by atoms with Crippen LogP contribution in [0, 0.1) is 5.92 Å². The van der Waals surface area contributed by atoms with Gasteiger partial charge in [0.2, 0.25) is 5.91 Å². The highest BCUT2D eigenvalue weighted by Crippen LogP contribution is 2.26. The Balaban J connectivity index is 1.20. The highest BCUT2D eigenvalue weighted by molar-refractivity contribution is 5.83. The third-order valence-electron chi connectivity index (χ3n) is 8.05. The van der Waals surface area contributed by atoms with E-state index < -0.39 is 30.3 Å². The third-order valence-corrected chi connectivity index (χ3v) is 8.05. The van der Waals surface area contributed by atoms with Crippen LogP contribution in [0.2, 0.25) is 0 Å². The van der Waals surface area contributed by atoms with Crippen LogP contribution in [0.3, 0.4) is 0 Å². The molecule has 2 amide bonds. The first-order valence-corrected chi connectivity index (χ1v) is 15.6. The van der Waals surface area contributed by atoms with Crippen molar-refractivity contribution in [3.8, 4) is 0 Å². The number of nitrogen functional groups attached to an aromatic ring is 1. The Morgan fingerprint density at radius 1 is 1.04 bits per heavy atom. The number of likely N-dealkylation sites (tertiary alicyclic amines) is 2. The van der Waals surface area contributed by atoms with Gasteiger partial charge in [-0.3, -0.25) is 15.0 Å². The number of hydrogen-bond acceptors (Lipinski definition) is 8. The molecule has 0 saturated carbocycles. The molecule has 2 aromatic rings. The quantitative estimate of drug-likeness (QED) is 0.262. The number of carbonyl (C=O) groups excluding carboxylic acids is 2. The molecule has 0 spiro atoms. The summed E-state index contributed by atoms with van der Waals surface area (Å²) in [6.45, 7) is 8.74. The maximum Gasteiger partial charge on any atom is 0.413 e. The van der Waals surface area contributed by atoms with Gasteiger partial charge in [0.1, 0.15) is 11.4 Å². The summed E-state index contributed by atoms with van der Waals surface area (Å²) >= 11 is 0. The smallest absolute Gasteiger partial charge is 0.413 e. The van der Waals surface area contributed by atoms with Crippen molar-refractivity contribution >= 4 is 29.2 Å². The number of nitrogens with one attached hydrogen (secondary N) is 3. The number of halogens is 3. The van der Waals surface area contributed by atoms with Crippen molar-refractivity contribution in [1.29, 1.82) is 0 Å². The summed E-state index contributed by atoms with van der Waals surface area (Å²) in [7, 11) is 0. The van der Waals surface area contributed by atoms with E-state index >= 15 is 0 Å². The zero-order valence-electron chi connectivity index (χ0n) is 26.3. The van der Waals surface area contributed by atoms with E-state index in [-0.39, 0.29) is 24.4 Å². The standard InChI is InChI=1S/C32H46F3N7O3/c1-31(2,3)45-30(44)40-28-18-22(8-13-37-28)21-41-14-9-23(10-15-41)29(43)42-16-11-24(12-17-42)39-25(19-32(33,34)35)20-38-27-7-5-4-6-26(27)36/h4-8,13,18,23-25,38-39H,9-12,14-17,19-21,36H2,1-3H3,(H,37,40,44). The van der Waals surface area contributed by atoms with Gasteiger partial charge in [0.05, 0.1) is 17.8 Å². The van der Waals surface area contributed by atoms with Gasteiger partial charge in [-0.15, -0.1) is 0 Å². The summed E-state index contributed by atoms with van der Waals surface area (Å²) in [5, 5.41) is 8.91. The number of piperidine rings is 2. The van der Waals surface area contributed by atoms with E-state index in [0.29, 0.717) is 49.7 Å². The highest BCUT2D eigenvalue weighted by Gasteiger charge is 2.35. The number of nitrogens with two attached hydrogens (primary N) is 1. The predicted octanol–water partition coefficient (Wildman–Crippen LogP) is 5.24. The first-order valence-electron chi connectivity index (χ1n) is 15.6. The average molecular weight is 634 g/mol. The van der Waals surface area contributed by atoms with Crippen LogP contribution in [0.5, 0.6) is 0 Å². The van der Waals surface area contributed by atoms with Crippen molar-refractivity contribution in [3.63, 3.8) is 0 Å². The molecule has 1 aromatic heterocycles. The van der Waals surface area contributed by atoms with E-state index in [1.54, 1.807) is 51.2 Å². The summed E-state index contributed by atoms with van der Waals surface area (Å²) < 4.78 is 45.3. The number of aromatic nitrogens is 1. The van der Waals surface area contributed by atoms with Crippen LogP contribution >= 0.6 is 0 Å². The van der Waals surface area contributed by atoms with Crippen molar-refractivity contribution in [2.75, 3.05) is 49.1 Å². The summed E-state index contributed by atoms with van der Waals surface area (Å²) in [6.07, 6.45) is -1.46. The van der Waals surface area contributed by atoms with E-state index in [2.05, 4.69) is 25.8 Å². The average Bonchev–Trinajstić information content (AvgIpc) is 2.95. The fraction of sp³-hybridized carbons (Fsp3) is 0.594. The zero-order chi connectivity index (χ0) is 32.6. The number of alkyl halides is 3. The number of rotatable bonds is 10. The second-order valence-electron chi connectivity index (χ2n) is 13.0. The van der Waals surface area contributed by atoms with E-state index in [4.69, 9.17) is 10.5 Å². The molecule has 5 N–H and O–H groups in total. The minimum atomic E-state index is -4.30. The van der Waals surface area contributed by atoms with E-state index in [1.165, 1.54) is 0 Å². The van der Waals surface area contributed by atoms with Crippen LogP contribution < -0.4 is 21.7 Å². The van der Waals surface area contributed by atoms with Gasteiger partial charge >= 0.3 is 12.3 Å². The Labute approximate surface area is 263 Å². The number of ether oxygens (including phenoxy) is 1. The minimum Gasteiger partial charge on any atom is -0.444 e. The van der Waals surface area contributed by atoms with Crippen molar-refractivity contribution in [2.45, 2.75) is 83.3 Å². The van der Waals surface area contributed by atoms with Crippen LogP contribution in [0.1, 0.15) is 58.4 Å². The lowest BCUT2D eigenvalue weighted by atomic mass is 9.93. The molecule has 3 heterocycles. The first kappa shape index (κ1) is 34.3. The number of para-hydroxylation sites is 2. The number of nitrogens with zero attached hydrogens (tertiary/aromatic N) is 3. The van der Waals surface area contributed by atoms with Crippen LogP contribution in [0.4, 0.5) is 35.2 Å². The molecule has 0 aliphatic carbocycles. The van der Waals surface area contributed by atoms with Gasteiger partial charge in [0.15, 0.2) is 0 Å². The van der Waals surface area contributed by atoms with Crippen molar-refractivity contribution in [2.24, 2.45) is 5.92 Å². The predicted molar refractivity (Wildman–Crippen MR) is 169 cm³/mol. The normalized spacial score (nSPS) is 18.0. The SMILES string of the molecule is CC(C)(C)OC(=O)Nc1cc(CN2CCC(C(=O)N3CCC(NC(CNc4ccccc4N)CC(F)(F)F)CC3)CC2)ccn1. The number of hydrogen-bond donors (Lipinski definition) is 4. The van der Waals surface area contributed by atoms with Gasteiger partial charge in [-0.25, -0.2) is 9.78 Å². The Morgan fingerprint density at radius 3 is 2.38 bits per heavy atom. The maximum atomic E-state index is 13.3. The number of pyridine rings is 1. The molecule has 4 rings (SSSR count). The Morgan fingerprint density at radius 2 is 1.73 bits per heavy atom. The lowest BCUT2D eigenvalue weighted by Crippen LogP contribution is -2.52. The van der Waals surface area contributed by atoms with Crippen molar-refractivity contribution < 1.29 is 27.5 Å². The fourth-order valence-electron chi connectivity index (χ4n) is 5.86. The number of benzene rings is 1. The van der Waals surface area contributed by atoms with E-state index in [1.807, 2.05) is 17.0 Å². The van der Waals surface area contributed by atoms with E-state index in [0.717, 1.165) is 31.5 Å². The lowest BCUT2D eigenvalue weighted by molar-refractivity contribution is -0.140. The molecule has 0 radical (unpaired) electrons. The first-order chi connectivity index (χ1) is 21.2. The molecular weight excluding hydrogens is 587 g/mol. The molecule has 2 aliphatic rings. The topological polar surface area (TPSA) is 125 Å². The van der Waals surface area contributed by atoms with Gasteiger partial charge in [0.25, 0.3) is 0 Å². The highest BCUT2D eigenvalue weighted by atomic mass is 19.4. The largest absolute Gasteiger partial charge is 0.444 e. The van der Waals surface area contributed by atoms with Crippen LogP contribution in [-0.2, 0) is 16.1 Å². The number of anilines is 3. The molecule has 1 atom stereocenters. The van der Waals surface area contributed by atoms with Gasteiger partial charge in [-0.05, 0) is 89.4 Å². The summed E-state index contributed by atoms with van der Waals surface area (Å²) in [4.78, 5) is 33.8. The molecule has 2 aliphatic heterocycles. The second-order valence-corrected chi connectivity index (χ2v) is 13.0. The molecule has 1 unspecified atom stereocenters. The Hall–Kier alpha value is -3.58. The van der Waals surface area contributed by atoms with Crippen molar-refractivity contribution in [3.05, 3.63) is 48.2 Å². The minimum absolute atomic E-state index is 0.0638. The monoisotopic (exact) mass is 633 g/mol. The van der Waals surface area contributed by atoms with Gasteiger partial charge in [0, 0.05) is 50.4 Å². The molecular formula is C32H46F3N7O3. The summed E-state index contributed by atoms with van der Waals surface area (Å²) in [5.74, 6) is 0.492. The maximum absolute atomic E-state index is 13.3. The molecule has 1 aromatic carbocycles. The van der Waals surface area contributed by atoms with Gasteiger partial charge < -0.3 is 26.0 Å². The molecule has 2 saturated heterocycles. The number of carbonyl (C=O) groups is 2. The third kappa shape index (κ3) is 11.4. The summed E-state index contributed by atoms with van der Waals surface area (Å²) in [5.41, 5.74) is 7.43. The number of amides is 2. The second kappa shape index (κ2) is 15.1. The van der Waals surface area contributed by atoms with Crippen LogP contribution in [-0.4, -0.2) is 83.4 Å². The Kier molecular flexibility index (Phi) is 11.5. The van der Waals surface area contributed by atoms with Gasteiger partial charge in [-0.2, -0.15) is 13.2 Å². The zero-order valence-corrected chi connectivity index (χ0v) is 26.3. The molecule has 13 heteroatoms. The lowest BCUT2D eigenvalue weighted by Gasteiger charge is -2.38. The Bertz CT molecular complexity index is 1270. The van der Waals surface area contributed by atoms with Crippen LogP contribution in [0.15, 0.2) is 42.6 Å².